The van der Waals surface area contributed by atoms with Crippen molar-refractivity contribution in [2.75, 3.05) is 10.5 Å². The number of rotatable bonds is 6. The van der Waals surface area contributed by atoms with Gasteiger partial charge in [0.1, 0.15) is 5.52 Å². The summed E-state index contributed by atoms with van der Waals surface area (Å²) >= 11 is 4.13. The fourth-order valence-corrected chi connectivity index (χ4v) is 4.41. The SMILES string of the molecule is O=C(O)CSc1cc(NS(=O)(=O)c2ccc(Br)cc2)c2cccnc2c1O. The number of hydrogen-bond donors (Lipinski definition) is 3. The molecule has 3 N–H and O–H groups in total. The number of benzene rings is 2. The summed E-state index contributed by atoms with van der Waals surface area (Å²) in [6.45, 7) is 0. The highest BCUT2D eigenvalue weighted by atomic mass is 79.9. The third-order valence-electron chi connectivity index (χ3n) is 3.55. The van der Waals surface area contributed by atoms with Gasteiger partial charge in [-0.2, -0.15) is 0 Å². The first-order chi connectivity index (χ1) is 12.8. The van der Waals surface area contributed by atoms with Crippen LogP contribution in [0.4, 0.5) is 5.69 Å². The molecule has 0 aliphatic rings. The predicted octanol–water partition coefficient (Wildman–Crippen LogP) is 3.68. The number of thioether (sulfide) groups is 1. The molecular weight excluding hydrogens is 456 g/mol. The lowest BCUT2D eigenvalue weighted by Gasteiger charge is -2.14. The van der Waals surface area contributed by atoms with E-state index in [0.717, 1.165) is 16.2 Å². The molecule has 0 saturated heterocycles. The molecule has 0 bridgehead atoms. The Morgan fingerprint density at radius 1 is 1.22 bits per heavy atom. The van der Waals surface area contributed by atoms with E-state index in [1.165, 1.54) is 24.4 Å². The summed E-state index contributed by atoms with van der Waals surface area (Å²) < 4.78 is 28.7. The number of hydrogen-bond acceptors (Lipinski definition) is 6. The van der Waals surface area contributed by atoms with E-state index in [1.54, 1.807) is 24.3 Å². The van der Waals surface area contributed by atoms with E-state index < -0.39 is 16.0 Å². The Bertz CT molecular complexity index is 1120. The normalized spacial score (nSPS) is 11.4. The van der Waals surface area contributed by atoms with Crippen molar-refractivity contribution < 1.29 is 23.4 Å². The van der Waals surface area contributed by atoms with Gasteiger partial charge < -0.3 is 10.2 Å². The quantitative estimate of drug-likeness (QED) is 0.373. The zero-order valence-electron chi connectivity index (χ0n) is 13.6. The van der Waals surface area contributed by atoms with Gasteiger partial charge in [-0.25, -0.2) is 8.42 Å². The van der Waals surface area contributed by atoms with Crippen LogP contribution < -0.4 is 4.72 Å². The molecule has 27 heavy (non-hydrogen) atoms. The van der Waals surface area contributed by atoms with Crippen LogP contribution in [0.2, 0.25) is 0 Å². The number of carboxylic acids is 1. The lowest BCUT2D eigenvalue weighted by atomic mass is 10.1. The van der Waals surface area contributed by atoms with E-state index in [1.807, 2.05) is 0 Å². The van der Waals surface area contributed by atoms with Gasteiger partial charge in [-0.05, 0) is 42.5 Å². The molecule has 0 unspecified atom stereocenters. The number of fused-ring (bicyclic) bond motifs is 1. The number of aromatic nitrogens is 1. The number of nitrogens with one attached hydrogen (secondary N) is 1. The summed E-state index contributed by atoms with van der Waals surface area (Å²) in [6, 6.07) is 10.8. The number of anilines is 1. The molecule has 0 saturated carbocycles. The van der Waals surface area contributed by atoms with Crippen LogP contribution in [0, 0.1) is 0 Å². The molecule has 3 rings (SSSR count). The van der Waals surface area contributed by atoms with Crippen molar-refractivity contribution in [3.63, 3.8) is 0 Å². The van der Waals surface area contributed by atoms with Crippen molar-refractivity contribution in [3.05, 3.63) is 53.1 Å². The second kappa shape index (κ2) is 7.75. The van der Waals surface area contributed by atoms with Crippen LogP contribution in [0.3, 0.4) is 0 Å². The molecule has 0 spiro atoms. The maximum absolute atomic E-state index is 12.7. The molecule has 0 aliphatic carbocycles. The van der Waals surface area contributed by atoms with Crippen LogP contribution in [-0.4, -0.2) is 35.3 Å². The number of halogens is 1. The van der Waals surface area contributed by atoms with Gasteiger partial charge in [-0.15, -0.1) is 11.8 Å². The van der Waals surface area contributed by atoms with Crippen LogP contribution >= 0.6 is 27.7 Å². The second-order valence-corrected chi connectivity index (χ2v) is 9.03. The summed E-state index contributed by atoms with van der Waals surface area (Å²) in [6.07, 6.45) is 1.46. The molecule has 7 nitrogen and oxygen atoms in total. The average molecular weight is 469 g/mol. The molecule has 2 aromatic carbocycles. The van der Waals surface area contributed by atoms with Crippen LogP contribution in [0.15, 0.2) is 62.9 Å². The van der Waals surface area contributed by atoms with Gasteiger partial charge in [-0.1, -0.05) is 15.9 Å². The number of aliphatic carboxylic acids is 1. The van der Waals surface area contributed by atoms with Crippen LogP contribution in [-0.2, 0) is 14.8 Å². The Kier molecular flexibility index (Phi) is 5.59. The van der Waals surface area contributed by atoms with E-state index >= 15 is 0 Å². The highest BCUT2D eigenvalue weighted by molar-refractivity contribution is 9.10. The van der Waals surface area contributed by atoms with E-state index in [9.17, 15) is 18.3 Å². The van der Waals surface area contributed by atoms with Gasteiger partial charge in [0, 0.05) is 16.1 Å². The molecule has 140 valence electrons. The van der Waals surface area contributed by atoms with E-state index in [2.05, 4.69) is 25.6 Å². The highest BCUT2D eigenvalue weighted by Gasteiger charge is 2.19. The number of nitrogens with zero attached hydrogens (tertiary/aromatic N) is 1. The van der Waals surface area contributed by atoms with Gasteiger partial charge in [0.05, 0.1) is 21.2 Å². The maximum atomic E-state index is 12.7. The van der Waals surface area contributed by atoms with Crippen molar-refractivity contribution >= 4 is 60.3 Å². The largest absolute Gasteiger partial charge is 0.505 e. The Balaban J connectivity index is 2.08. The standard InChI is InChI=1S/C17H13BrN2O5S2/c18-10-3-5-11(6-4-10)27(24,25)20-13-8-14(26-9-15(21)22)17(23)16-12(13)2-1-7-19-16/h1-8,20,23H,9H2,(H,21,22). The fourth-order valence-electron chi connectivity index (χ4n) is 2.36. The third-order valence-corrected chi connectivity index (χ3v) is 6.47. The topological polar surface area (TPSA) is 117 Å². The Hall–Kier alpha value is -2.30. The molecule has 0 radical (unpaired) electrons. The smallest absolute Gasteiger partial charge is 0.313 e. The Morgan fingerprint density at radius 3 is 2.59 bits per heavy atom. The van der Waals surface area contributed by atoms with Gasteiger partial charge in [0.25, 0.3) is 10.0 Å². The van der Waals surface area contributed by atoms with Crippen LogP contribution in [0.5, 0.6) is 5.75 Å². The minimum Gasteiger partial charge on any atom is -0.505 e. The maximum Gasteiger partial charge on any atom is 0.313 e. The predicted molar refractivity (Wildman–Crippen MR) is 107 cm³/mol. The minimum absolute atomic E-state index is 0.0653. The molecule has 0 amide bonds. The number of carboxylic acid groups (broad SMARTS) is 1. The number of pyridine rings is 1. The molecule has 0 fully saturated rings. The molecule has 0 atom stereocenters. The summed E-state index contributed by atoms with van der Waals surface area (Å²) in [5.41, 5.74) is 0.383. The third kappa shape index (κ3) is 4.34. The fraction of sp³-hybridized carbons (Fsp3) is 0.0588. The summed E-state index contributed by atoms with van der Waals surface area (Å²) in [5, 5.41) is 19.6. The van der Waals surface area contributed by atoms with Crippen molar-refractivity contribution in [3.8, 4) is 5.75 Å². The number of aromatic hydroxyl groups is 1. The highest BCUT2D eigenvalue weighted by Crippen LogP contribution is 2.39. The minimum atomic E-state index is -3.89. The van der Waals surface area contributed by atoms with E-state index in [-0.39, 0.29) is 32.5 Å². The van der Waals surface area contributed by atoms with Crippen LogP contribution in [0.1, 0.15) is 0 Å². The van der Waals surface area contributed by atoms with Crippen molar-refractivity contribution in [1.82, 2.24) is 4.98 Å². The molecule has 1 aromatic heterocycles. The lowest BCUT2D eigenvalue weighted by molar-refractivity contribution is -0.133. The lowest BCUT2D eigenvalue weighted by Crippen LogP contribution is -2.13. The summed E-state index contributed by atoms with van der Waals surface area (Å²) in [7, 11) is -3.89. The van der Waals surface area contributed by atoms with Crippen LogP contribution in [0.25, 0.3) is 10.9 Å². The zero-order valence-corrected chi connectivity index (χ0v) is 16.8. The zero-order chi connectivity index (χ0) is 19.6. The van der Waals surface area contributed by atoms with E-state index in [4.69, 9.17) is 5.11 Å². The molecule has 10 heteroatoms. The Morgan fingerprint density at radius 2 is 1.93 bits per heavy atom. The van der Waals surface area contributed by atoms with E-state index in [0.29, 0.717) is 5.39 Å². The van der Waals surface area contributed by atoms with Gasteiger partial charge in [0.15, 0.2) is 5.75 Å². The van der Waals surface area contributed by atoms with Gasteiger partial charge >= 0.3 is 5.97 Å². The van der Waals surface area contributed by atoms with Gasteiger partial charge in [0.2, 0.25) is 0 Å². The monoisotopic (exact) mass is 468 g/mol. The van der Waals surface area contributed by atoms with Gasteiger partial charge in [-0.3, -0.25) is 14.5 Å². The number of sulfonamides is 1. The average Bonchev–Trinajstić information content (AvgIpc) is 2.63. The first-order valence-corrected chi connectivity index (χ1v) is 10.8. The first kappa shape index (κ1) is 19.5. The number of phenols is 1. The molecular formula is C17H13BrN2O5S2. The number of phenolic OH excluding ortho intramolecular Hbond substituents is 1. The second-order valence-electron chi connectivity index (χ2n) is 5.41. The summed E-state index contributed by atoms with van der Waals surface area (Å²) in [4.78, 5) is 15.2. The van der Waals surface area contributed by atoms with Crippen molar-refractivity contribution in [2.45, 2.75) is 9.79 Å². The molecule has 1 heterocycles. The van der Waals surface area contributed by atoms with Crippen molar-refractivity contribution in [1.29, 1.82) is 0 Å². The number of carbonyl (C=O) groups is 1. The molecule has 3 aromatic rings. The Labute approximate surface area is 167 Å². The molecule has 0 aliphatic heterocycles. The first-order valence-electron chi connectivity index (χ1n) is 7.51. The van der Waals surface area contributed by atoms with Crippen molar-refractivity contribution in [2.24, 2.45) is 0 Å². The summed E-state index contributed by atoms with van der Waals surface area (Å²) in [5.74, 6) is -1.54.